The second-order valence-corrected chi connectivity index (χ2v) is 6.53. The fraction of sp³-hybridized carbons (Fsp3) is 0.562. The zero-order valence-electron chi connectivity index (χ0n) is 11.9. The summed E-state index contributed by atoms with van der Waals surface area (Å²) in [5.41, 5.74) is 3.33. The van der Waals surface area contributed by atoms with Crippen LogP contribution in [0.2, 0.25) is 0 Å². The van der Waals surface area contributed by atoms with Crippen LogP contribution in [0.4, 0.5) is 0 Å². The molecule has 0 atom stereocenters. The summed E-state index contributed by atoms with van der Waals surface area (Å²) in [6.45, 7) is 8.74. The van der Waals surface area contributed by atoms with Gasteiger partial charge in [-0.15, -0.1) is 0 Å². The molecule has 1 aliphatic carbocycles. The third-order valence-corrected chi connectivity index (χ3v) is 3.92. The highest BCUT2D eigenvalue weighted by Gasteiger charge is 2.40. The molecule has 1 aromatic carbocycles. The second-order valence-electron chi connectivity index (χ2n) is 6.53. The fourth-order valence-corrected chi connectivity index (χ4v) is 2.31. The first-order chi connectivity index (χ1) is 8.31. The summed E-state index contributed by atoms with van der Waals surface area (Å²) < 4.78 is 5.46. The van der Waals surface area contributed by atoms with Gasteiger partial charge in [0.15, 0.2) is 0 Å². The number of rotatable bonds is 2. The molecule has 1 aromatic rings. The van der Waals surface area contributed by atoms with Crippen LogP contribution in [-0.4, -0.2) is 7.11 Å². The normalized spacial score (nSPS) is 17.1. The summed E-state index contributed by atoms with van der Waals surface area (Å²) in [6.07, 6.45) is 2.43. The van der Waals surface area contributed by atoms with Gasteiger partial charge >= 0.3 is 0 Å². The van der Waals surface area contributed by atoms with Crippen LogP contribution < -0.4 is 4.74 Å². The van der Waals surface area contributed by atoms with Crippen LogP contribution in [0.25, 0.3) is 0 Å². The lowest BCUT2D eigenvalue weighted by molar-refractivity contribution is 0.395. The van der Waals surface area contributed by atoms with Crippen molar-refractivity contribution < 1.29 is 4.74 Å². The highest BCUT2D eigenvalue weighted by molar-refractivity contribution is 5.55. The van der Waals surface area contributed by atoms with Crippen molar-refractivity contribution in [2.75, 3.05) is 7.11 Å². The molecule has 1 aliphatic rings. The molecule has 1 fully saturated rings. The van der Waals surface area contributed by atoms with Gasteiger partial charge in [-0.2, -0.15) is 5.26 Å². The first-order valence-electron chi connectivity index (χ1n) is 6.45. The largest absolute Gasteiger partial charge is 0.495 e. The molecule has 0 saturated heterocycles. The van der Waals surface area contributed by atoms with E-state index in [1.165, 1.54) is 18.4 Å². The lowest BCUT2D eigenvalue weighted by Gasteiger charge is -2.25. The van der Waals surface area contributed by atoms with E-state index < -0.39 is 0 Å². The topological polar surface area (TPSA) is 33.0 Å². The average Bonchev–Trinajstić information content (AvgIpc) is 3.05. The zero-order chi connectivity index (χ0) is 13.6. The Hall–Kier alpha value is -1.49. The minimum Gasteiger partial charge on any atom is -0.495 e. The standard InChI is InChI=1S/C16H21NO/c1-15(2,3)13-9-12(16(4)6-7-16)8-11(10-17)14(13)18-5/h8-9H,6-7H2,1-5H3. The predicted molar refractivity (Wildman–Crippen MR) is 73.0 cm³/mol. The highest BCUT2D eigenvalue weighted by Crippen LogP contribution is 2.49. The molecule has 2 heteroatoms. The van der Waals surface area contributed by atoms with Gasteiger partial charge in [0.1, 0.15) is 11.8 Å². The first-order valence-corrected chi connectivity index (χ1v) is 6.45. The van der Waals surface area contributed by atoms with Crippen LogP contribution in [-0.2, 0) is 10.8 Å². The molecule has 2 nitrogen and oxygen atoms in total. The van der Waals surface area contributed by atoms with Crippen molar-refractivity contribution in [2.24, 2.45) is 0 Å². The Morgan fingerprint density at radius 2 is 1.89 bits per heavy atom. The van der Waals surface area contributed by atoms with Gasteiger partial charge in [0.2, 0.25) is 0 Å². The second kappa shape index (κ2) is 4.02. The van der Waals surface area contributed by atoms with E-state index in [-0.39, 0.29) is 10.8 Å². The summed E-state index contributed by atoms with van der Waals surface area (Å²) in [4.78, 5) is 0. The van der Waals surface area contributed by atoms with Gasteiger partial charge in [-0.1, -0.05) is 33.8 Å². The third-order valence-electron chi connectivity index (χ3n) is 3.92. The van der Waals surface area contributed by atoms with Crippen LogP contribution in [0.1, 0.15) is 57.2 Å². The zero-order valence-corrected chi connectivity index (χ0v) is 11.9. The summed E-state index contributed by atoms with van der Waals surface area (Å²) in [6, 6.07) is 6.50. The Balaban J connectivity index is 2.66. The molecule has 96 valence electrons. The number of methoxy groups -OCH3 is 1. The molecule has 0 unspecified atom stereocenters. The van der Waals surface area contributed by atoms with E-state index >= 15 is 0 Å². The number of nitrogens with zero attached hydrogens (tertiary/aromatic N) is 1. The van der Waals surface area contributed by atoms with E-state index in [2.05, 4.69) is 39.8 Å². The molecule has 0 bridgehead atoms. The number of hydrogen-bond donors (Lipinski definition) is 0. The maximum absolute atomic E-state index is 9.32. The van der Waals surface area contributed by atoms with E-state index in [0.29, 0.717) is 5.56 Å². The Morgan fingerprint density at radius 1 is 1.28 bits per heavy atom. The molecular weight excluding hydrogens is 222 g/mol. The molecule has 0 spiro atoms. The molecule has 0 aromatic heterocycles. The number of nitriles is 1. The molecule has 0 radical (unpaired) electrons. The third kappa shape index (κ3) is 2.10. The van der Waals surface area contributed by atoms with Gasteiger partial charge in [0.05, 0.1) is 12.7 Å². The van der Waals surface area contributed by atoms with Crippen LogP contribution in [0.5, 0.6) is 5.75 Å². The lowest BCUT2D eigenvalue weighted by atomic mass is 9.82. The molecule has 18 heavy (non-hydrogen) atoms. The lowest BCUT2D eigenvalue weighted by Crippen LogP contribution is -2.15. The van der Waals surface area contributed by atoms with Crippen LogP contribution in [0, 0.1) is 11.3 Å². The Labute approximate surface area is 110 Å². The summed E-state index contributed by atoms with van der Waals surface area (Å²) in [5, 5.41) is 9.32. The van der Waals surface area contributed by atoms with Crippen molar-refractivity contribution >= 4 is 0 Å². The number of hydrogen-bond acceptors (Lipinski definition) is 2. The summed E-state index contributed by atoms with van der Waals surface area (Å²) >= 11 is 0. The van der Waals surface area contributed by atoms with Crippen LogP contribution >= 0.6 is 0 Å². The van der Waals surface area contributed by atoms with Crippen molar-refractivity contribution in [1.29, 1.82) is 5.26 Å². The Kier molecular flexibility index (Phi) is 2.89. The van der Waals surface area contributed by atoms with Gasteiger partial charge in [-0.05, 0) is 35.3 Å². The first kappa shape index (κ1) is 13.0. The van der Waals surface area contributed by atoms with Crippen LogP contribution in [0.3, 0.4) is 0 Å². The van der Waals surface area contributed by atoms with Gasteiger partial charge < -0.3 is 4.74 Å². The van der Waals surface area contributed by atoms with E-state index in [1.807, 2.05) is 6.07 Å². The molecule has 2 rings (SSSR count). The maximum atomic E-state index is 9.32. The van der Waals surface area contributed by atoms with E-state index in [9.17, 15) is 5.26 Å². The summed E-state index contributed by atoms with van der Waals surface area (Å²) in [7, 11) is 1.64. The van der Waals surface area contributed by atoms with Crippen molar-refractivity contribution in [2.45, 2.75) is 51.4 Å². The number of benzene rings is 1. The Morgan fingerprint density at radius 3 is 2.28 bits per heavy atom. The van der Waals surface area contributed by atoms with Crippen molar-refractivity contribution in [1.82, 2.24) is 0 Å². The van der Waals surface area contributed by atoms with Gasteiger partial charge in [0.25, 0.3) is 0 Å². The van der Waals surface area contributed by atoms with Crippen LogP contribution in [0.15, 0.2) is 12.1 Å². The fourth-order valence-electron chi connectivity index (χ4n) is 2.31. The SMILES string of the molecule is COc1c(C#N)cc(C2(C)CC2)cc1C(C)(C)C. The van der Waals surface area contributed by atoms with Crippen molar-refractivity contribution in [3.63, 3.8) is 0 Å². The Bertz CT molecular complexity index is 513. The smallest absolute Gasteiger partial charge is 0.140 e. The minimum atomic E-state index is -0.0157. The van der Waals surface area contributed by atoms with Gasteiger partial charge in [-0.25, -0.2) is 0 Å². The summed E-state index contributed by atoms with van der Waals surface area (Å²) in [5.74, 6) is 0.734. The molecule has 0 aliphatic heterocycles. The quantitative estimate of drug-likeness (QED) is 0.788. The molecular formula is C16H21NO. The van der Waals surface area contributed by atoms with Crippen molar-refractivity contribution in [3.8, 4) is 11.8 Å². The van der Waals surface area contributed by atoms with Crippen molar-refractivity contribution in [3.05, 3.63) is 28.8 Å². The number of ether oxygens (including phenoxy) is 1. The van der Waals surface area contributed by atoms with Gasteiger partial charge in [0, 0.05) is 5.56 Å². The van der Waals surface area contributed by atoms with E-state index in [1.54, 1.807) is 7.11 Å². The molecule has 0 amide bonds. The molecule has 1 saturated carbocycles. The van der Waals surface area contributed by atoms with Gasteiger partial charge in [-0.3, -0.25) is 0 Å². The molecule has 0 N–H and O–H groups in total. The van der Waals surface area contributed by atoms with E-state index in [4.69, 9.17) is 4.74 Å². The predicted octanol–water partition coefficient (Wildman–Crippen LogP) is 3.92. The molecule has 0 heterocycles. The highest BCUT2D eigenvalue weighted by atomic mass is 16.5. The maximum Gasteiger partial charge on any atom is 0.140 e. The van der Waals surface area contributed by atoms with E-state index in [0.717, 1.165) is 11.3 Å². The minimum absolute atomic E-state index is 0.0157. The average molecular weight is 243 g/mol. The monoisotopic (exact) mass is 243 g/mol.